The Labute approximate surface area is 91.1 Å². The Hall–Kier alpha value is -0.610. The molecule has 0 radical (unpaired) electrons. The summed E-state index contributed by atoms with van der Waals surface area (Å²) >= 11 is 0. The number of hydrogen-bond acceptors (Lipinski definition) is 4. The fourth-order valence-electron chi connectivity index (χ4n) is 1.99. The first-order valence-electron chi connectivity index (χ1n) is 5.70. The summed E-state index contributed by atoms with van der Waals surface area (Å²) in [4.78, 5) is 11.6. The smallest absolute Gasteiger partial charge is 0.326 e. The SMILES string of the molecule is CCOC(=O)C1(N)CCC(OCC)CC1. The first kappa shape index (κ1) is 12.5. The minimum atomic E-state index is -0.774. The van der Waals surface area contributed by atoms with Gasteiger partial charge in [0, 0.05) is 6.61 Å². The fraction of sp³-hybridized carbons (Fsp3) is 0.909. The van der Waals surface area contributed by atoms with E-state index in [0.29, 0.717) is 19.4 Å². The predicted octanol–water partition coefficient (Wildman–Crippen LogP) is 1.23. The fourth-order valence-corrected chi connectivity index (χ4v) is 1.99. The Balaban J connectivity index is 2.43. The van der Waals surface area contributed by atoms with E-state index < -0.39 is 5.54 Å². The van der Waals surface area contributed by atoms with E-state index in [-0.39, 0.29) is 12.1 Å². The molecule has 2 N–H and O–H groups in total. The van der Waals surface area contributed by atoms with Crippen LogP contribution in [0, 0.1) is 0 Å². The normalized spacial score (nSPS) is 31.3. The van der Waals surface area contributed by atoms with Crippen LogP contribution in [0.15, 0.2) is 0 Å². The lowest BCUT2D eigenvalue weighted by molar-refractivity contribution is -0.152. The summed E-state index contributed by atoms with van der Waals surface area (Å²) in [6.45, 7) is 4.90. The van der Waals surface area contributed by atoms with Crippen molar-refractivity contribution in [2.75, 3.05) is 13.2 Å². The van der Waals surface area contributed by atoms with Crippen LogP contribution in [0.1, 0.15) is 39.5 Å². The highest BCUT2D eigenvalue weighted by Crippen LogP contribution is 2.29. The van der Waals surface area contributed by atoms with Crippen LogP contribution in [0.25, 0.3) is 0 Å². The van der Waals surface area contributed by atoms with Gasteiger partial charge in [-0.25, -0.2) is 0 Å². The van der Waals surface area contributed by atoms with Crippen molar-refractivity contribution in [1.29, 1.82) is 0 Å². The van der Waals surface area contributed by atoms with Crippen molar-refractivity contribution in [2.45, 2.75) is 51.2 Å². The minimum Gasteiger partial charge on any atom is -0.465 e. The Morgan fingerprint density at radius 2 is 1.93 bits per heavy atom. The third-order valence-corrected chi connectivity index (χ3v) is 2.91. The molecule has 1 saturated carbocycles. The van der Waals surface area contributed by atoms with Crippen LogP contribution in [0.3, 0.4) is 0 Å². The van der Waals surface area contributed by atoms with Crippen molar-refractivity contribution in [3.8, 4) is 0 Å². The van der Waals surface area contributed by atoms with Crippen molar-refractivity contribution in [3.05, 3.63) is 0 Å². The van der Waals surface area contributed by atoms with E-state index >= 15 is 0 Å². The zero-order chi connectivity index (χ0) is 11.3. The molecular formula is C11H21NO3. The molecule has 0 unspecified atom stereocenters. The van der Waals surface area contributed by atoms with Crippen LogP contribution in [-0.2, 0) is 14.3 Å². The maximum Gasteiger partial charge on any atom is 0.326 e. The highest BCUT2D eigenvalue weighted by atomic mass is 16.5. The summed E-state index contributed by atoms with van der Waals surface area (Å²) in [5.74, 6) is -0.264. The number of esters is 1. The molecule has 0 atom stereocenters. The molecule has 1 aliphatic carbocycles. The highest BCUT2D eigenvalue weighted by molar-refractivity contribution is 5.80. The van der Waals surface area contributed by atoms with E-state index in [0.717, 1.165) is 19.4 Å². The molecule has 0 heterocycles. The molecule has 0 saturated heterocycles. The zero-order valence-electron chi connectivity index (χ0n) is 9.62. The average Bonchev–Trinajstić information content (AvgIpc) is 2.22. The molecule has 15 heavy (non-hydrogen) atoms. The summed E-state index contributed by atoms with van der Waals surface area (Å²) < 4.78 is 10.5. The summed E-state index contributed by atoms with van der Waals surface area (Å²) in [6, 6.07) is 0. The Morgan fingerprint density at radius 3 is 2.40 bits per heavy atom. The van der Waals surface area contributed by atoms with Gasteiger partial charge in [0.25, 0.3) is 0 Å². The van der Waals surface area contributed by atoms with E-state index in [1.165, 1.54) is 0 Å². The Bertz CT molecular complexity index is 210. The number of carbonyl (C=O) groups excluding carboxylic acids is 1. The standard InChI is InChI=1S/C11H21NO3/c1-3-14-9-5-7-11(12,8-6-9)10(13)15-4-2/h9H,3-8,12H2,1-2H3. The zero-order valence-corrected chi connectivity index (χ0v) is 9.62. The minimum absolute atomic E-state index is 0.264. The molecule has 0 aromatic carbocycles. The van der Waals surface area contributed by atoms with Crippen LogP contribution >= 0.6 is 0 Å². The van der Waals surface area contributed by atoms with Gasteiger partial charge in [-0.3, -0.25) is 4.79 Å². The largest absolute Gasteiger partial charge is 0.465 e. The van der Waals surface area contributed by atoms with E-state index in [1.807, 2.05) is 6.92 Å². The molecule has 4 nitrogen and oxygen atoms in total. The molecular weight excluding hydrogens is 194 g/mol. The maximum atomic E-state index is 11.6. The Kier molecular flexibility index (Phi) is 4.54. The van der Waals surface area contributed by atoms with Gasteiger partial charge >= 0.3 is 5.97 Å². The lowest BCUT2D eigenvalue weighted by Crippen LogP contribution is -2.52. The van der Waals surface area contributed by atoms with Crippen LogP contribution in [0.4, 0.5) is 0 Å². The van der Waals surface area contributed by atoms with Gasteiger partial charge < -0.3 is 15.2 Å². The van der Waals surface area contributed by atoms with Crippen LogP contribution in [0.5, 0.6) is 0 Å². The predicted molar refractivity (Wildman–Crippen MR) is 57.4 cm³/mol. The summed E-state index contributed by atoms with van der Waals surface area (Å²) in [5, 5.41) is 0. The van der Waals surface area contributed by atoms with Crippen molar-refractivity contribution in [3.63, 3.8) is 0 Å². The molecule has 0 bridgehead atoms. The van der Waals surface area contributed by atoms with E-state index in [4.69, 9.17) is 15.2 Å². The molecule has 1 aliphatic rings. The monoisotopic (exact) mass is 215 g/mol. The lowest BCUT2D eigenvalue weighted by Gasteiger charge is -2.34. The summed E-state index contributed by atoms with van der Waals surface area (Å²) in [7, 11) is 0. The van der Waals surface area contributed by atoms with Gasteiger partial charge in [-0.15, -0.1) is 0 Å². The van der Waals surface area contributed by atoms with E-state index in [9.17, 15) is 4.79 Å². The van der Waals surface area contributed by atoms with E-state index in [2.05, 4.69) is 0 Å². The molecule has 0 spiro atoms. The second kappa shape index (κ2) is 5.47. The van der Waals surface area contributed by atoms with Gasteiger partial charge in [-0.2, -0.15) is 0 Å². The molecule has 1 fully saturated rings. The molecule has 0 aliphatic heterocycles. The van der Waals surface area contributed by atoms with Crippen molar-refractivity contribution < 1.29 is 14.3 Å². The summed E-state index contributed by atoms with van der Waals surface area (Å²) in [6.07, 6.45) is 3.29. The number of carbonyl (C=O) groups is 1. The first-order chi connectivity index (χ1) is 7.12. The number of nitrogens with two attached hydrogens (primary N) is 1. The van der Waals surface area contributed by atoms with Crippen LogP contribution < -0.4 is 5.73 Å². The molecule has 0 amide bonds. The van der Waals surface area contributed by atoms with Crippen molar-refractivity contribution >= 4 is 5.97 Å². The van der Waals surface area contributed by atoms with Crippen LogP contribution in [0.2, 0.25) is 0 Å². The Morgan fingerprint density at radius 1 is 1.33 bits per heavy atom. The number of ether oxygens (including phenoxy) is 2. The van der Waals surface area contributed by atoms with E-state index in [1.54, 1.807) is 6.92 Å². The van der Waals surface area contributed by atoms with Gasteiger partial charge in [0.1, 0.15) is 5.54 Å². The molecule has 0 aromatic heterocycles. The number of hydrogen-bond donors (Lipinski definition) is 1. The van der Waals surface area contributed by atoms with Gasteiger partial charge in [0.15, 0.2) is 0 Å². The summed E-state index contributed by atoms with van der Waals surface area (Å²) in [5.41, 5.74) is 5.24. The van der Waals surface area contributed by atoms with Crippen molar-refractivity contribution in [2.24, 2.45) is 5.73 Å². The molecule has 88 valence electrons. The van der Waals surface area contributed by atoms with Gasteiger partial charge in [0.05, 0.1) is 12.7 Å². The van der Waals surface area contributed by atoms with Gasteiger partial charge in [-0.05, 0) is 39.5 Å². The third kappa shape index (κ3) is 3.18. The quantitative estimate of drug-likeness (QED) is 0.716. The maximum absolute atomic E-state index is 11.6. The highest BCUT2D eigenvalue weighted by Gasteiger charge is 2.39. The molecule has 1 rings (SSSR count). The number of rotatable bonds is 4. The molecule has 0 aromatic rings. The average molecular weight is 215 g/mol. The van der Waals surface area contributed by atoms with Crippen molar-refractivity contribution in [1.82, 2.24) is 0 Å². The topological polar surface area (TPSA) is 61.5 Å². The molecule has 4 heteroatoms. The lowest BCUT2D eigenvalue weighted by atomic mass is 9.81. The first-order valence-corrected chi connectivity index (χ1v) is 5.70. The van der Waals surface area contributed by atoms with Gasteiger partial charge in [-0.1, -0.05) is 0 Å². The third-order valence-electron chi connectivity index (χ3n) is 2.91. The van der Waals surface area contributed by atoms with Crippen LogP contribution in [-0.4, -0.2) is 30.8 Å². The van der Waals surface area contributed by atoms with Gasteiger partial charge in [0.2, 0.25) is 0 Å². The second-order valence-electron chi connectivity index (χ2n) is 4.03. The second-order valence-corrected chi connectivity index (χ2v) is 4.03.